The van der Waals surface area contributed by atoms with Crippen LogP contribution in [0.15, 0.2) is 70.0 Å². The Labute approximate surface area is 171 Å². The molecule has 0 N–H and O–H groups in total. The monoisotopic (exact) mass is 416 g/mol. The molecule has 0 radical (unpaired) electrons. The molecule has 1 unspecified atom stereocenters. The Hall–Kier alpha value is -3.00. The summed E-state index contributed by atoms with van der Waals surface area (Å²) in [5.41, 5.74) is 0.854. The summed E-state index contributed by atoms with van der Waals surface area (Å²) in [7, 11) is -4.05. The van der Waals surface area contributed by atoms with Gasteiger partial charge in [0.05, 0.1) is 15.9 Å². The third kappa shape index (κ3) is 6.83. The molecule has 154 valence electrons. The third-order valence-corrected chi connectivity index (χ3v) is 5.22. The normalized spacial score (nSPS) is 13.6. The molecule has 0 aliphatic heterocycles. The van der Waals surface area contributed by atoms with Crippen LogP contribution in [0.2, 0.25) is 0 Å². The topological polar surface area (TPSA) is 98.9 Å². The van der Waals surface area contributed by atoms with Crippen molar-refractivity contribution in [1.82, 2.24) is 0 Å². The maximum atomic E-state index is 12.6. The van der Waals surface area contributed by atoms with Crippen molar-refractivity contribution in [3.05, 3.63) is 76.4 Å². The number of rotatable bonds is 8. The van der Waals surface area contributed by atoms with E-state index >= 15 is 0 Å². The van der Waals surface area contributed by atoms with Crippen molar-refractivity contribution < 1.29 is 18.1 Å². The molecule has 0 saturated carbocycles. The number of non-ortho nitro benzene ring substituents is 1. The maximum Gasteiger partial charge on any atom is 0.285 e. The van der Waals surface area contributed by atoms with Crippen LogP contribution in [0.4, 0.5) is 5.69 Å². The van der Waals surface area contributed by atoms with Crippen molar-refractivity contribution in [2.45, 2.75) is 38.2 Å². The third-order valence-electron chi connectivity index (χ3n) is 3.93. The van der Waals surface area contributed by atoms with Crippen LogP contribution < -0.4 is 0 Å². The lowest BCUT2D eigenvalue weighted by molar-refractivity contribution is -0.384. The van der Waals surface area contributed by atoms with Crippen molar-refractivity contribution in [3.63, 3.8) is 0 Å². The van der Waals surface area contributed by atoms with Crippen LogP contribution in [0.1, 0.15) is 32.8 Å². The van der Waals surface area contributed by atoms with E-state index in [0.29, 0.717) is 6.42 Å². The molecule has 2 aromatic carbocycles. The zero-order chi connectivity index (χ0) is 21.4. The van der Waals surface area contributed by atoms with Crippen LogP contribution in [0, 0.1) is 16.0 Å². The second-order valence-electron chi connectivity index (χ2n) is 6.77. The van der Waals surface area contributed by atoms with Gasteiger partial charge in [-0.1, -0.05) is 49.4 Å². The summed E-state index contributed by atoms with van der Waals surface area (Å²) >= 11 is 0. The molecule has 0 spiro atoms. The number of benzene rings is 2. The lowest BCUT2D eigenvalue weighted by atomic mass is 10.1. The number of ether oxygens (including phenoxy) is 1. The minimum absolute atomic E-state index is 0.107. The van der Waals surface area contributed by atoms with Gasteiger partial charge in [-0.05, 0) is 38.0 Å². The smallest absolute Gasteiger partial charge is 0.285 e. The fraction of sp³-hybridized carbons (Fsp3) is 0.286. The SMILES string of the molecule is CC(C)OC(=NS(=O)(=O)c1ccc([N+](=O)[O-])cc1)C(C)C/C=C/c1ccccc1. The molecule has 0 bridgehead atoms. The van der Waals surface area contributed by atoms with Crippen molar-refractivity contribution in [3.8, 4) is 0 Å². The molecule has 0 saturated heterocycles. The van der Waals surface area contributed by atoms with Gasteiger partial charge < -0.3 is 4.74 Å². The predicted octanol–water partition coefficient (Wildman–Crippen LogP) is 4.85. The summed E-state index contributed by atoms with van der Waals surface area (Å²) in [6.45, 7) is 5.42. The molecule has 8 heteroatoms. The molecular weight excluding hydrogens is 392 g/mol. The summed E-state index contributed by atoms with van der Waals surface area (Å²) in [6.07, 6.45) is 4.18. The molecule has 29 heavy (non-hydrogen) atoms. The van der Waals surface area contributed by atoms with Crippen LogP contribution in [0.3, 0.4) is 0 Å². The molecule has 2 rings (SSSR count). The highest BCUT2D eigenvalue weighted by molar-refractivity contribution is 7.90. The van der Waals surface area contributed by atoms with Crippen LogP contribution in [0.5, 0.6) is 0 Å². The standard InChI is InChI=1S/C21H24N2O5S/c1-16(2)28-21(17(3)8-7-11-18-9-5-4-6-10-18)22-29(26,27)20-14-12-19(13-15-20)23(24)25/h4-7,9-17H,8H2,1-3H3/b11-7+,22-21?. The average molecular weight is 416 g/mol. The molecule has 1 atom stereocenters. The molecule has 0 fully saturated rings. The van der Waals surface area contributed by atoms with Gasteiger partial charge >= 0.3 is 0 Å². The molecular formula is C21H24N2O5S. The minimum atomic E-state index is -4.05. The zero-order valence-electron chi connectivity index (χ0n) is 16.6. The summed E-state index contributed by atoms with van der Waals surface area (Å²) in [4.78, 5) is 10.0. The van der Waals surface area contributed by atoms with E-state index in [0.717, 1.165) is 17.7 Å². The molecule has 0 aromatic heterocycles. The molecule has 0 amide bonds. The first-order valence-electron chi connectivity index (χ1n) is 9.16. The van der Waals surface area contributed by atoms with Crippen molar-refractivity contribution in [2.75, 3.05) is 0 Å². The van der Waals surface area contributed by atoms with Gasteiger partial charge in [0.15, 0.2) is 0 Å². The van der Waals surface area contributed by atoms with E-state index in [1.807, 2.05) is 49.4 Å². The Morgan fingerprint density at radius 1 is 1.10 bits per heavy atom. The Morgan fingerprint density at radius 3 is 2.28 bits per heavy atom. The Kier molecular flexibility index (Phi) is 7.67. The molecule has 0 heterocycles. The van der Waals surface area contributed by atoms with Crippen molar-refractivity contribution in [2.24, 2.45) is 10.3 Å². The van der Waals surface area contributed by atoms with Crippen LogP contribution in [0.25, 0.3) is 6.08 Å². The Balaban J connectivity index is 2.23. The second kappa shape index (κ2) is 9.97. The lowest BCUT2D eigenvalue weighted by Gasteiger charge is -2.17. The van der Waals surface area contributed by atoms with Gasteiger partial charge in [-0.15, -0.1) is 4.40 Å². The van der Waals surface area contributed by atoms with Crippen molar-refractivity contribution >= 4 is 27.7 Å². The van der Waals surface area contributed by atoms with Gasteiger partial charge in [0, 0.05) is 18.1 Å². The highest BCUT2D eigenvalue weighted by Gasteiger charge is 2.21. The number of sulfonamides is 1. The quantitative estimate of drug-likeness (QED) is 0.265. The predicted molar refractivity (Wildman–Crippen MR) is 113 cm³/mol. The number of nitrogens with zero attached hydrogens (tertiary/aromatic N) is 2. The Morgan fingerprint density at radius 2 is 1.72 bits per heavy atom. The molecule has 0 aliphatic carbocycles. The number of hydrogen-bond donors (Lipinski definition) is 0. The van der Waals surface area contributed by atoms with Gasteiger partial charge in [0.1, 0.15) is 0 Å². The lowest BCUT2D eigenvalue weighted by Crippen LogP contribution is -2.21. The van der Waals surface area contributed by atoms with Crippen LogP contribution in [-0.2, 0) is 14.8 Å². The first kappa shape index (κ1) is 22.3. The fourth-order valence-corrected chi connectivity index (χ4v) is 3.50. The minimum Gasteiger partial charge on any atom is -0.477 e. The largest absolute Gasteiger partial charge is 0.477 e. The molecule has 7 nitrogen and oxygen atoms in total. The van der Waals surface area contributed by atoms with Crippen LogP contribution >= 0.6 is 0 Å². The van der Waals surface area contributed by atoms with E-state index in [2.05, 4.69) is 4.40 Å². The zero-order valence-corrected chi connectivity index (χ0v) is 17.4. The summed E-state index contributed by atoms with van der Waals surface area (Å²) in [5, 5.41) is 10.8. The van der Waals surface area contributed by atoms with Gasteiger partial charge in [-0.25, -0.2) is 0 Å². The van der Waals surface area contributed by atoms with Gasteiger partial charge in [0.25, 0.3) is 15.7 Å². The van der Waals surface area contributed by atoms with E-state index in [9.17, 15) is 18.5 Å². The van der Waals surface area contributed by atoms with E-state index in [-0.39, 0.29) is 28.5 Å². The van der Waals surface area contributed by atoms with E-state index < -0.39 is 14.9 Å². The number of hydrogen-bond acceptors (Lipinski definition) is 5. The highest BCUT2D eigenvalue weighted by Crippen LogP contribution is 2.20. The number of allylic oxidation sites excluding steroid dienone is 1. The first-order chi connectivity index (χ1) is 13.7. The van der Waals surface area contributed by atoms with Gasteiger partial charge in [0.2, 0.25) is 5.90 Å². The fourth-order valence-electron chi connectivity index (χ4n) is 2.45. The molecule has 2 aromatic rings. The number of nitro groups is 1. The average Bonchev–Trinajstić information content (AvgIpc) is 2.67. The summed E-state index contributed by atoms with van der Waals surface area (Å²) < 4.78 is 34.8. The first-order valence-corrected chi connectivity index (χ1v) is 10.6. The highest BCUT2D eigenvalue weighted by atomic mass is 32.2. The Bertz CT molecular complexity index is 981. The molecule has 0 aliphatic rings. The van der Waals surface area contributed by atoms with Gasteiger partial charge in [-0.3, -0.25) is 10.1 Å². The maximum absolute atomic E-state index is 12.6. The van der Waals surface area contributed by atoms with Crippen LogP contribution in [-0.4, -0.2) is 25.3 Å². The van der Waals surface area contributed by atoms with E-state index in [1.54, 1.807) is 13.8 Å². The number of nitro benzene ring substituents is 1. The van der Waals surface area contributed by atoms with Crippen molar-refractivity contribution in [1.29, 1.82) is 0 Å². The van der Waals surface area contributed by atoms with E-state index in [4.69, 9.17) is 4.74 Å². The second-order valence-corrected chi connectivity index (χ2v) is 8.38. The van der Waals surface area contributed by atoms with E-state index in [1.165, 1.54) is 12.1 Å². The van der Waals surface area contributed by atoms with Gasteiger partial charge in [-0.2, -0.15) is 8.42 Å². The summed E-state index contributed by atoms with van der Waals surface area (Å²) in [5.74, 6) is -0.166. The summed E-state index contributed by atoms with van der Waals surface area (Å²) in [6, 6.07) is 14.4.